The number of hydrogen-bond acceptors (Lipinski definition) is 8. The SMILES string of the molecule is C=CC(=O)OCCCOCCCOC1CCC(C(C)(C)C2CCC(OCCCOCCCOC(=O)C=C)CC2)CC1. The second kappa shape index (κ2) is 21.0. The minimum absolute atomic E-state index is 0.359. The lowest BCUT2D eigenvalue weighted by molar-refractivity contribution is -0.139. The average Bonchev–Trinajstić information content (AvgIpc) is 2.99. The topological polar surface area (TPSA) is 89.5 Å². The van der Waals surface area contributed by atoms with Gasteiger partial charge in [-0.15, -0.1) is 0 Å². The summed E-state index contributed by atoms with van der Waals surface area (Å²) in [5, 5.41) is 0. The van der Waals surface area contributed by atoms with Gasteiger partial charge in [-0.2, -0.15) is 0 Å². The number of ether oxygens (including phenoxy) is 6. The molecule has 0 amide bonds. The molecule has 0 aliphatic heterocycles. The van der Waals surface area contributed by atoms with Crippen molar-refractivity contribution in [3.8, 4) is 0 Å². The number of rotatable bonds is 22. The largest absolute Gasteiger partial charge is 0.462 e. The van der Waals surface area contributed by atoms with E-state index in [0.29, 0.717) is 70.1 Å². The van der Waals surface area contributed by atoms with Crippen molar-refractivity contribution in [1.82, 2.24) is 0 Å². The molecule has 0 atom stereocenters. The summed E-state index contributed by atoms with van der Waals surface area (Å²) in [5.41, 5.74) is 0.359. The van der Waals surface area contributed by atoms with Crippen molar-refractivity contribution in [3.63, 3.8) is 0 Å². The lowest BCUT2D eigenvalue weighted by Gasteiger charge is -2.46. The van der Waals surface area contributed by atoms with Crippen molar-refractivity contribution in [2.45, 2.75) is 103 Å². The van der Waals surface area contributed by atoms with Gasteiger partial charge in [-0.1, -0.05) is 27.0 Å². The second-order valence-electron chi connectivity index (χ2n) is 11.9. The van der Waals surface area contributed by atoms with Crippen LogP contribution in [0.1, 0.15) is 90.9 Å². The standard InChI is InChI=1S/C33H56O8/c1-5-31(34)40-25-9-21-36-19-7-23-38-29-15-11-27(12-16-29)33(3,4)28-13-17-30(18-14-28)39-24-8-20-37-22-10-26-41-32(35)6-2/h5-6,27-30H,1-2,7-26H2,3-4H3. The van der Waals surface area contributed by atoms with Crippen molar-refractivity contribution >= 4 is 11.9 Å². The fourth-order valence-electron chi connectivity index (χ4n) is 6.09. The minimum atomic E-state index is -0.386. The molecule has 2 aliphatic carbocycles. The van der Waals surface area contributed by atoms with Crippen LogP contribution in [-0.4, -0.2) is 77.0 Å². The van der Waals surface area contributed by atoms with Gasteiger partial charge in [0.25, 0.3) is 0 Å². The van der Waals surface area contributed by atoms with E-state index in [0.717, 1.165) is 63.6 Å². The second-order valence-corrected chi connectivity index (χ2v) is 11.9. The zero-order valence-electron chi connectivity index (χ0n) is 25.8. The summed E-state index contributed by atoms with van der Waals surface area (Å²) < 4.78 is 33.4. The summed E-state index contributed by atoms with van der Waals surface area (Å²) in [6.07, 6.45) is 15.9. The van der Waals surface area contributed by atoms with Crippen molar-refractivity contribution in [1.29, 1.82) is 0 Å². The van der Waals surface area contributed by atoms with Crippen LogP contribution in [0.4, 0.5) is 0 Å². The van der Waals surface area contributed by atoms with Crippen LogP contribution in [0.15, 0.2) is 25.3 Å². The summed E-state index contributed by atoms with van der Waals surface area (Å²) in [5.74, 6) is 0.758. The summed E-state index contributed by atoms with van der Waals surface area (Å²) in [6.45, 7) is 16.5. The maximum atomic E-state index is 11.0. The zero-order valence-corrected chi connectivity index (χ0v) is 25.8. The molecular weight excluding hydrogens is 524 g/mol. The molecule has 0 heterocycles. The van der Waals surface area contributed by atoms with E-state index in [-0.39, 0.29) is 11.9 Å². The third kappa shape index (κ3) is 14.8. The average molecular weight is 581 g/mol. The maximum Gasteiger partial charge on any atom is 0.330 e. The Morgan fingerprint density at radius 2 is 0.927 bits per heavy atom. The zero-order chi connectivity index (χ0) is 29.8. The molecule has 2 rings (SSSR count). The normalized spacial score (nSPS) is 23.1. The highest BCUT2D eigenvalue weighted by Crippen LogP contribution is 2.48. The molecule has 0 spiro atoms. The van der Waals surface area contributed by atoms with E-state index in [9.17, 15) is 9.59 Å². The third-order valence-electron chi connectivity index (χ3n) is 8.71. The lowest BCUT2D eigenvalue weighted by Crippen LogP contribution is -2.39. The quantitative estimate of drug-likeness (QED) is 0.0848. The van der Waals surface area contributed by atoms with Gasteiger partial charge in [0.1, 0.15) is 0 Å². The molecule has 0 N–H and O–H groups in total. The molecule has 0 aromatic carbocycles. The highest BCUT2D eigenvalue weighted by atomic mass is 16.5. The maximum absolute atomic E-state index is 11.0. The van der Waals surface area contributed by atoms with Crippen molar-refractivity contribution < 1.29 is 38.0 Å². The monoisotopic (exact) mass is 580 g/mol. The van der Waals surface area contributed by atoms with Crippen LogP contribution in [0.5, 0.6) is 0 Å². The lowest BCUT2D eigenvalue weighted by atomic mass is 9.60. The van der Waals surface area contributed by atoms with E-state index >= 15 is 0 Å². The predicted molar refractivity (Wildman–Crippen MR) is 160 cm³/mol. The Labute approximate surface area is 248 Å². The highest BCUT2D eigenvalue weighted by molar-refractivity contribution is 5.81. The number of hydrogen-bond donors (Lipinski definition) is 0. The first-order valence-corrected chi connectivity index (χ1v) is 15.8. The molecule has 2 fully saturated rings. The molecule has 8 nitrogen and oxygen atoms in total. The first-order valence-electron chi connectivity index (χ1n) is 15.8. The number of esters is 2. The van der Waals surface area contributed by atoms with Gasteiger partial charge in [-0.25, -0.2) is 9.59 Å². The van der Waals surface area contributed by atoms with Crippen molar-refractivity contribution in [2.24, 2.45) is 17.3 Å². The molecule has 0 unspecified atom stereocenters. The summed E-state index contributed by atoms with van der Waals surface area (Å²) in [4.78, 5) is 22.0. The highest BCUT2D eigenvalue weighted by Gasteiger charge is 2.40. The van der Waals surface area contributed by atoms with Crippen molar-refractivity contribution in [3.05, 3.63) is 25.3 Å². The van der Waals surface area contributed by atoms with E-state index in [1.807, 2.05) is 0 Å². The van der Waals surface area contributed by atoms with Crippen LogP contribution in [0.25, 0.3) is 0 Å². The van der Waals surface area contributed by atoms with Gasteiger partial charge in [0, 0.05) is 64.6 Å². The van der Waals surface area contributed by atoms with E-state index in [1.54, 1.807) is 0 Å². The third-order valence-corrected chi connectivity index (χ3v) is 8.71. The van der Waals surface area contributed by atoms with Crippen LogP contribution in [0.2, 0.25) is 0 Å². The Balaban J connectivity index is 1.47. The molecule has 0 aromatic rings. The Kier molecular flexibility index (Phi) is 18.2. The van der Waals surface area contributed by atoms with Crippen LogP contribution in [0, 0.1) is 17.3 Å². The van der Waals surface area contributed by atoms with E-state index < -0.39 is 0 Å². The molecule has 2 saturated carbocycles. The van der Waals surface area contributed by atoms with Gasteiger partial charge < -0.3 is 28.4 Å². The Morgan fingerprint density at radius 3 is 1.27 bits per heavy atom. The van der Waals surface area contributed by atoms with Crippen LogP contribution in [0.3, 0.4) is 0 Å². The molecule has 2 aliphatic rings. The predicted octanol–water partition coefficient (Wildman–Crippen LogP) is 6.22. The molecule has 0 radical (unpaired) electrons. The number of carbonyl (C=O) groups excluding carboxylic acids is 2. The van der Waals surface area contributed by atoms with Gasteiger partial charge in [0.2, 0.25) is 0 Å². The Hall–Kier alpha value is -1.74. The molecule has 41 heavy (non-hydrogen) atoms. The molecule has 0 saturated heterocycles. The number of carbonyl (C=O) groups is 2. The Bertz CT molecular complexity index is 676. The molecule has 0 aromatic heterocycles. The van der Waals surface area contributed by atoms with Gasteiger partial charge in [0.15, 0.2) is 0 Å². The van der Waals surface area contributed by atoms with Crippen molar-refractivity contribution in [2.75, 3.05) is 52.9 Å². The molecule has 236 valence electrons. The first kappa shape index (κ1) is 35.5. The van der Waals surface area contributed by atoms with Gasteiger partial charge in [-0.05, 0) is 81.5 Å². The van der Waals surface area contributed by atoms with Gasteiger partial charge in [0.05, 0.1) is 25.4 Å². The van der Waals surface area contributed by atoms with Gasteiger partial charge in [-0.3, -0.25) is 0 Å². The minimum Gasteiger partial charge on any atom is -0.462 e. The summed E-state index contributed by atoms with van der Waals surface area (Å²) in [6, 6.07) is 0. The molecule has 8 heteroatoms. The molecular formula is C33H56O8. The van der Waals surface area contributed by atoms with Gasteiger partial charge >= 0.3 is 11.9 Å². The fourth-order valence-corrected chi connectivity index (χ4v) is 6.09. The Morgan fingerprint density at radius 1 is 0.585 bits per heavy atom. The van der Waals surface area contributed by atoms with E-state index in [4.69, 9.17) is 28.4 Å². The molecule has 0 bridgehead atoms. The summed E-state index contributed by atoms with van der Waals surface area (Å²) >= 11 is 0. The summed E-state index contributed by atoms with van der Waals surface area (Å²) in [7, 11) is 0. The van der Waals surface area contributed by atoms with Crippen LogP contribution >= 0.6 is 0 Å². The van der Waals surface area contributed by atoms with E-state index in [2.05, 4.69) is 27.0 Å². The van der Waals surface area contributed by atoms with E-state index in [1.165, 1.54) is 37.8 Å². The smallest absolute Gasteiger partial charge is 0.330 e. The fraction of sp³-hybridized carbons (Fsp3) is 0.818. The van der Waals surface area contributed by atoms with Crippen LogP contribution in [-0.2, 0) is 38.0 Å². The first-order chi connectivity index (χ1) is 19.9. The van der Waals surface area contributed by atoms with Crippen LogP contribution < -0.4 is 0 Å².